The summed E-state index contributed by atoms with van der Waals surface area (Å²) in [4.78, 5) is 16.3. The largest absolute Gasteiger partial charge is 0.511 e. The van der Waals surface area contributed by atoms with Crippen LogP contribution in [0.5, 0.6) is 0 Å². The maximum Gasteiger partial charge on any atom is 0.168 e. The van der Waals surface area contributed by atoms with Crippen LogP contribution in [0.15, 0.2) is 32.9 Å². The van der Waals surface area contributed by atoms with E-state index < -0.39 is 17.6 Å². The highest BCUT2D eigenvalue weighted by Gasteiger charge is 2.31. The number of Topliss-reactive ketones (excluding diaryl/α,β-unsaturated/α-hetero) is 1. The number of benzene rings is 1. The van der Waals surface area contributed by atoms with Gasteiger partial charge in [-0.3, -0.25) is 9.79 Å². The van der Waals surface area contributed by atoms with Crippen molar-refractivity contribution in [2.24, 2.45) is 4.99 Å². The molecule has 0 bridgehead atoms. The van der Waals surface area contributed by atoms with Crippen LogP contribution in [0.4, 0.5) is 8.78 Å². The Kier molecular flexibility index (Phi) is 6.01. The van der Waals surface area contributed by atoms with Crippen LogP contribution in [-0.4, -0.2) is 37.2 Å². The number of aliphatic imine (C=N–C) groups is 1. The fourth-order valence-electron chi connectivity index (χ4n) is 2.51. The molecule has 0 aliphatic heterocycles. The summed E-state index contributed by atoms with van der Waals surface area (Å²) in [6.45, 7) is 1.14. The molecular weight excluding hydrogens is 370 g/mol. The van der Waals surface area contributed by atoms with E-state index in [-0.39, 0.29) is 35.5 Å². The van der Waals surface area contributed by atoms with Gasteiger partial charge in [0, 0.05) is 41.6 Å². The van der Waals surface area contributed by atoms with E-state index in [1.54, 1.807) is 7.05 Å². The van der Waals surface area contributed by atoms with Gasteiger partial charge in [-0.25, -0.2) is 8.78 Å². The van der Waals surface area contributed by atoms with Gasteiger partial charge in [0.05, 0.1) is 12.1 Å². The molecule has 0 amide bonds. The van der Waals surface area contributed by atoms with Crippen molar-refractivity contribution < 1.29 is 18.7 Å². The van der Waals surface area contributed by atoms with Gasteiger partial charge in [-0.2, -0.15) is 0 Å². The van der Waals surface area contributed by atoms with Crippen LogP contribution >= 0.6 is 15.9 Å². The SMILES string of the molecule is CNCCN=CC1=C(O)CC(c2c(Br)ccc(F)c2F)CC1=O. The van der Waals surface area contributed by atoms with Crippen molar-refractivity contribution in [3.63, 3.8) is 0 Å². The molecule has 23 heavy (non-hydrogen) atoms. The topological polar surface area (TPSA) is 61.7 Å². The van der Waals surface area contributed by atoms with E-state index in [0.29, 0.717) is 17.6 Å². The van der Waals surface area contributed by atoms with E-state index in [1.807, 2.05) is 0 Å². The molecule has 1 aromatic rings. The van der Waals surface area contributed by atoms with Crippen molar-refractivity contribution in [1.29, 1.82) is 0 Å². The molecule has 0 aromatic heterocycles. The first-order valence-electron chi connectivity index (χ1n) is 7.18. The van der Waals surface area contributed by atoms with Crippen LogP contribution < -0.4 is 5.32 Å². The molecule has 7 heteroatoms. The van der Waals surface area contributed by atoms with E-state index in [4.69, 9.17) is 0 Å². The summed E-state index contributed by atoms with van der Waals surface area (Å²) in [5.41, 5.74) is 0.223. The zero-order valence-electron chi connectivity index (χ0n) is 12.6. The van der Waals surface area contributed by atoms with Crippen LogP contribution in [0.3, 0.4) is 0 Å². The van der Waals surface area contributed by atoms with Gasteiger partial charge in [0.15, 0.2) is 17.4 Å². The summed E-state index contributed by atoms with van der Waals surface area (Å²) in [5, 5.41) is 13.0. The number of rotatable bonds is 5. The molecule has 0 spiro atoms. The molecule has 2 N–H and O–H groups in total. The summed E-state index contributed by atoms with van der Waals surface area (Å²) in [6, 6.07) is 2.41. The molecule has 4 nitrogen and oxygen atoms in total. The van der Waals surface area contributed by atoms with Crippen molar-refractivity contribution in [3.05, 3.63) is 45.1 Å². The highest BCUT2D eigenvalue weighted by Crippen LogP contribution is 2.38. The Morgan fingerprint density at radius 1 is 1.43 bits per heavy atom. The number of ketones is 1. The van der Waals surface area contributed by atoms with Crippen molar-refractivity contribution in [1.82, 2.24) is 5.32 Å². The fraction of sp³-hybridized carbons (Fsp3) is 0.375. The molecule has 1 aliphatic rings. The lowest BCUT2D eigenvalue weighted by atomic mass is 9.82. The van der Waals surface area contributed by atoms with Crippen molar-refractivity contribution >= 4 is 27.9 Å². The molecule has 0 radical (unpaired) electrons. The van der Waals surface area contributed by atoms with Crippen LogP contribution in [0, 0.1) is 11.6 Å². The first kappa shape index (κ1) is 17.7. The Balaban J connectivity index is 2.25. The first-order chi connectivity index (χ1) is 11.0. The second kappa shape index (κ2) is 7.79. The second-order valence-electron chi connectivity index (χ2n) is 5.28. The average molecular weight is 387 g/mol. The number of halogens is 3. The minimum absolute atomic E-state index is 0.00356. The maximum atomic E-state index is 14.0. The Hall–Kier alpha value is -1.60. The minimum atomic E-state index is -0.990. The first-order valence-corrected chi connectivity index (χ1v) is 7.98. The summed E-state index contributed by atoms with van der Waals surface area (Å²) >= 11 is 3.18. The lowest BCUT2D eigenvalue weighted by Gasteiger charge is -2.23. The minimum Gasteiger partial charge on any atom is -0.511 e. The van der Waals surface area contributed by atoms with Gasteiger partial charge in [0.25, 0.3) is 0 Å². The number of likely N-dealkylation sites (N-methyl/N-ethyl adjacent to an activating group) is 1. The van der Waals surface area contributed by atoms with Crippen LogP contribution in [0.25, 0.3) is 0 Å². The summed E-state index contributed by atoms with van der Waals surface area (Å²) in [7, 11) is 1.79. The zero-order valence-corrected chi connectivity index (χ0v) is 14.2. The molecule has 0 saturated heterocycles. The molecule has 0 heterocycles. The number of carbonyl (C=O) groups excluding carboxylic acids is 1. The Labute approximate surface area is 141 Å². The quantitative estimate of drug-likeness (QED) is 0.463. The number of carbonyl (C=O) groups is 1. The van der Waals surface area contributed by atoms with Gasteiger partial charge < -0.3 is 10.4 Å². The third-order valence-electron chi connectivity index (χ3n) is 3.68. The molecular formula is C16H17BrF2N2O2. The third kappa shape index (κ3) is 4.03. The number of hydrogen-bond acceptors (Lipinski definition) is 4. The molecule has 1 unspecified atom stereocenters. The molecule has 1 aliphatic carbocycles. The molecule has 2 rings (SSSR count). The summed E-state index contributed by atoms with van der Waals surface area (Å²) in [5.74, 6) is -3.05. The number of aliphatic hydroxyl groups excluding tert-OH is 1. The molecule has 0 fully saturated rings. The normalized spacial score (nSPS) is 19.0. The lowest BCUT2D eigenvalue weighted by Crippen LogP contribution is -2.21. The Bertz CT molecular complexity index is 674. The van der Waals surface area contributed by atoms with E-state index >= 15 is 0 Å². The van der Waals surface area contributed by atoms with Crippen LogP contribution in [0.2, 0.25) is 0 Å². The number of aliphatic hydroxyl groups is 1. The van der Waals surface area contributed by atoms with Gasteiger partial charge in [0.1, 0.15) is 5.76 Å². The lowest BCUT2D eigenvalue weighted by molar-refractivity contribution is -0.116. The Morgan fingerprint density at radius 2 is 2.17 bits per heavy atom. The monoisotopic (exact) mass is 386 g/mol. The highest BCUT2D eigenvalue weighted by atomic mass is 79.9. The van der Waals surface area contributed by atoms with Gasteiger partial charge in [-0.05, 0) is 19.2 Å². The van der Waals surface area contributed by atoms with E-state index in [0.717, 1.165) is 6.07 Å². The van der Waals surface area contributed by atoms with Crippen molar-refractivity contribution in [3.8, 4) is 0 Å². The van der Waals surface area contributed by atoms with Crippen LogP contribution in [-0.2, 0) is 4.79 Å². The van der Waals surface area contributed by atoms with E-state index in [9.17, 15) is 18.7 Å². The smallest absolute Gasteiger partial charge is 0.168 e. The second-order valence-corrected chi connectivity index (χ2v) is 6.14. The predicted molar refractivity (Wildman–Crippen MR) is 88.0 cm³/mol. The average Bonchev–Trinajstić information content (AvgIpc) is 2.50. The highest BCUT2D eigenvalue weighted by molar-refractivity contribution is 9.10. The molecule has 124 valence electrons. The third-order valence-corrected chi connectivity index (χ3v) is 4.37. The summed E-state index contributed by atoms with van der Waals surface area (Å²) < 4.78 is 27.9. The maximum absolute atomic E-state index is 14.0. The standard InChI is InChI=1S/C16H17BrF2N2O2/c1-20-4-5-21-8-10-13(22)6-9(7-14(10)23)15-11(17)2-3-12(18)16(15)19/h2-3,8-9,20,22H,4-7H2,1H3. The Morgan fingerprint density at radius 3 is 2.83 bits per heavy atom. The van der Waals surface area contributed by atoms with E-state index in [2.05, 4.69) is 26.2 Å². The molecule has 1 aromatic carbocycles. The number of hydrogen-bond donors (Lipinski definition) is 2. The van der Waals surface area contributed by atoms with Gasteiger partial charge in [0.2, 0.25) is 0 Å². The zero-order chi connectivity index (χ0) is 17.0. The van der Waals surface area contributed by atoms with Crippen molar-refractivity contribution in [2.45, 2.75) is 18.8 Å². The van der Waals surface area contributed by atoms with Crippen LogP contribution in [0.1, 0.15) is 24.3 Å². The van der Waals surface area contributed by atoms with Gasteiger partial charge in [-0.15, -0.1) is 0 Å². The van der Waals surface area contributed by atoms with Gasteiger partial charge >= 0.3 is 0 Å². The number of nitrogens with one attached hydrogen (secondary N) is 1. The molecule has 0 saturated carbocycles. The predicted octanol–water partition coefficient (Wildman–Crippen LogP) is 3.28. The number of allylic oxidation sites excluding steroid dienone is 2. The fourth-order valence-corrected chi connectivity index (χ4v) is 3.14. The number of nitrogens with zero attached hydrogens (tertiary/aromatic N) is 1. The van der Waals surface area contributed by atoms with Crippen molar-refractivity contribution in [2.75, 3.05) is 20.1 Å². The molecule has 1 atom stereocenters. The van der Waals surface area contributed by atoms with Gasteiger partial charge in [-0.1, -0.05) is 15.9 Å². The van der Waals surface area contributed by atoms with E-state index in [1.165, 1.54) is 12.3 Å². The summed E-state index contributed by atoms with van der Waals surface area (Å²) in [6.07, 6.45) is 1.41.